The first-order chi connectivity index (χ1) is 9.99. The van der Waals surface area contributed by atoms with Crippen molar-refractivity contribution in [2.75, 3.05) is 6.54 Å². The number of carbonyl (C=O) groups is 1. The Morgan fingerprint density at radius 3 is 2.62 bits per heavy atom. The number of carbonyl (C=O) groups excluding carboxylic acids is 1. The zero-order chi connectivity index (χ0) is 15.4. The summed E-state index contributed by atoms with van der Waals surface area (Å²) in [7, 11) is 0. The average molecular weight is 355 g/mol. The molecule has 5 heteroatoms. The molecule has 2 rings (SSSR count). The van der Waals surface area contributed by atoms with Gasteiger partial charge in [0.1, 0.15) is 5.75 Å². The third-order valence-electron chi connectivity index (χ3n) is 3.91. The number of hydrogen-bond donors (Lipinski definition) is 1. The number of piperidine rings is 1. The highest BCUT2D eigenvalue weighted by Crippen LogP contribution is 2.22. The molecular weight excluding hydrogens is 332 g/mol. The van der Waals surface area contributed by atoms with Crippen LogP contribution in [0.3, 0.4) is 0 Å². The number of nitrogens with two attached hydrogens (primary N) is 1. The number of likely N-dealkylation sites (tertiary alicyclic amines) is 1. The molecule has 0 spiro atoms. The molecule has 1 aliphatic rings. The molecule has 1 aromatic carbocycles. The monoisotopic (exact) mass is 354 g/mol. The molecular formula is C16H23BrN2O2. The van der Waals surface area contributed by atoms with Crippen molar-refractivity contribution >= 4 is 21.8 Å². The summed E-state index contributed by atoms with van der Waals surface area (Å²) in [5.41, 5.74) is 6.02. The summed E-state index contributed by atoms with van der Waals surface area (Å²) in [5.74, 6) is 0.730. The second kappa shape index (κ2) is 7.27. The van der Waals surface area contributed by atoms with Crippen LogP contribution in [-0.4, -0.2) is 35.5 Å². The van der Waals surface area contributed by atoms with Crippen LogP contribution in [0.15, 0.2) is 28.7 Å². The van der Waals surface area contributed by atoms with Gasteiger partial charge in [-0.15, -0.1) is 0 Å². The lowest BCUT2D eigenvalue weighted by atomic mass is 9.96. The zero-order valence-electron chi connectivity index (χ0n) is 12.6. The molecule has 116 valence electrons. The smallest absolute Gasteiger partial charge is 0.263 e. The van der Waals surface area contributed by atoms with E-state index >= 15 is 0 Å². The molecule has 1 saturated heterocycles. The van der Waals surface area contributed by atoms with Crippen molar-refractivity contribution in [1.82, 2.24) is 4.90 Å². The van der Waals surface area contributed by atoms with Crippen molar-refractivity contribution in [1.29, 1.82) is 0 Å². The molecule has 3 unspecified atom stereocenters. The second-order valence-electron chi connectivity index (χ2n) is 5.67. The molecule has 0 aliphatic carbocycles. The predicted molar refractivity (Wildman–Crippen MR) is 87.2 cm³/mol. The third-order valence-corrected chi connectivity index (χ3v) is 4.44. The van der Waals surface area contributed by atoms with Crippen LogP contribution < -0.4 is 10.5 Å². The topological polar surface area (TPSA) is 55.6 Å². The van der Waals surface area contributed by atoms with E-state index in [-0.39, 0.29) is 18.0 Å². The molecule has 4 nitrogen and oxygen atoms in total. The van der Waals surface area contributed by atoms with Gasteiger partial charge in [-0.2, -0.15) is 0 Å². The minimum absolute atomic E-state index is 0.00543. The summed E-state index contributed by atoms with van der Waals surface area (Å²) in [6.07, 6.45) is 2.66. The van der Waals surface area contributed by atoms with Crippen molar-refractivity contribution in [3.05, 3.63) is 28.7 Å². The van der Waals surface area contributed by atoms with Gasteiger partial charge < -0.3 is 15.4 Å². The lowest BCUT2D eigenvalue weighted by molar-refractivity contribution is -0.142. The Morgan fingerprint density at radius 2 is 2.00 bits per heavy atom. The summed E-state index contributed by atoms with van der Waals surface area (Å²) < 4.78 is 6.75. The number of rotatable bonds is 4. The van der Waals surface area contributed by atoms with Crippen LogP contribution in [0, 0.1) is 0 Å². The molecule has 1 amide bonds. The van der Waals surface area contributed by atoms with Crippen molar-refractivity contribution in [2.45, 2.75) is 51.3 Å². The van der Waals surface area contributed by atoms with E-state index in [9.17, 15) is 4.79 Å². The number of hydrogen-bond acceptors (Lipinski definition) is 3. The lowest BCUT2D eigenvalue weighted by Gasteiger charge is -2.39. The van der Waals surface area contributed by atoms with Crippen LogP contribution in [0.1, 0.15) is 33.1 Å². The summed E-state index contributed by atoms with van der Waals surface area (Å²) >= 11 is 3.38. The summed E-state index contributed by atoms with van der Waals surface area (Å²) in [6, 6.07) is 7.63. The predicted octanol–water partition coefficient (Wildman–Crippen LogP) is 2.94. The Morgan fingerprint density at radius 1 is 1.33 bits per heavy atom. The van der Waals surface area contributed by atoms with Gasteiger partial charge in [-0.25, -0.2) is 0 Å². The van der Waals surface area contributed by atoms with Gasteiger partial charge in [0.25, 0.3) is 5.91 Å². The van der Waals surface area contributed by atoms with Gasteiger partial charge in [0.05, 0.1) is 0 Å². The standard InChI is InChI=1S/C16H23BrN2O2/c1-11(18)15-5-3-4-10-19(15)16(20)12(2)21-14-8-6-13(17)7-9-14/h6-9,11-12,15H,3-5,10,18H2,1-2H3. The Hall–Kier alpha value is -1.07. The minimum Gasteiger partial charge on any atom is -0.481 e. The van der Waals surface area contributed by atoms with Gasteiger partial charge in [-0.3, -0.25) is 4.79 Å². The molecule has 21 heavy (non-hydrogen) atoms. The van der Waals surface area contributed by atoms with E-state index in [0.717, 1.165) is 30.3 Å². The maximum absolute atomic E-state index is 12.6. The Labute approximate surface area is 134 Å². The highest BCUT2D eigenvalue weighted by molar-refractivity contribution is 9.10. The van der Waals surface area contributed by atoms with E-state index in [1.165, 1.54) is 0 Å². The van der Waals surface area contributed by atoms with Crippen molar-refractivity contribution < 1.29 is 9.53 Å². The molecule has 0 saturated carbocycles. The molecule has 1 aliphatic heterocycles. The summed E-state index contributed by atoms with van der Waals surface area (Å²) in [4.78, 5) is 14.5. The van der Waals surface area contributed by atoms with Crippen molar-refractivity contribution in [3.63, 3.8) is 0 Å². The lowest BCUT2D eigenvalue weighted by Crippen LogP contribution is -2.54. The Balaban J connectivity index is 2.02. The van der Waals surface area contributed by atoms with Gasteiger partial charge in [0.15, 0.2) is 6.10 Å². The molecule has 1 aromatic rings. The van der Waals surface area contributed by atoms with E-state index in [4.69, 9.17) is 10.5 Å². The Kier molecular flexibility index (Phi) is 5.65. The quantitative estimate of drug-likeness (QED) is 0.904. The van der Waals surface area contributed by atoms with Crippen LogP contribution >= 0.6 is 15.9 Å². The fourth-order valence-electron chi connectivity index (χ4n) is 2.78. The molecule has 0 bridgehead atoms. The summed E-state index contributed by atoms with van der Waals surface area (Å²) in [5, 5.41) is 0. The van der Waals surface area contributed by atoms with Crippen LogP contribution in [0.25, 0.3) is 0 Å². The minimum atomic E-state index is -0.495. The second-order valence-corrected chi connectivity index (χ2v) is 6.58. The first-order valence-corrected chi connectivity index (χ1v) is 8.26. The maximum Gasteiger partial charge on any atom is 0.263 e. The van der Waals surface area contributed by atoms with E-state index in [1.807, 2.05) is 36.1 Å². The fraction of sp³-hybridized carbons (Fsp3) is 0.562. The van der Waals surface area contributed by atoms with Crippen molar-refractivity contribution in [3.8, 4) is 5.75 Å². The van der Waals surface area contributed by atoms with Gasteiger partial charge in [-0.1, -0.05) is 15.9 Å². The molecule has 1 fully saturated rings. The number of halogens is 1. The highest BCUT2D eigenvalue weighted by Gasteiger charge is 2.32. The molecule has 0 aromatic heterocycles. The van der Waals surface area contributed by atoms with Gasteiger partial charge in [-0.05, 0) is 57.4 Å². The van der Waals surface area contributed by atoms with Crippen LogP contribution in [0.2, 0.25) is 0 Å². The van der Waals surface area contributed by atoms with Crippen LogP contribution in [0.4, 0.5) is 0 Å². The largest absolute Gasteiger partial charge is 0.481 e. The maximum atomic E-state index is 12.6. The molecule has 2 N–H and O–H groups in total. The van der Waals surface area contributed by atoms with E-state index in [0.29, 0.717) is 5.75 Å². The van der Waals surface area contributed by atoms with Crippen molar-refractivity contribution in [2.24, 2.45) is 5.73 Å². The van der Waals surface area contributed by atoms with Crippen LogP contribution in [-0.2, 0) is 4.79 Å². The third kappa shape index (κ3) is 4.20. The number of ether oxygens (including phenoxy) is 1. The van der Waals surface area contributed by atoms with Gasteiger partial charge >= 0.3 is 0 Å². The summed E-state index contributed by atoms with van der Waals surface area (Å²) in [6.45, 7) is 4.55. The zero-order valence-corrected chi connectivity index (χ0v) is 14.2. The molecule has 3 atom stereocenters. The SMILES string of the molecule is CC(Oc1ccc(Br)cc1)C(=O)N1CCCCC1C(C)N. The highest BCUT2D eigenvalue weighted by atomic mass is 79.9. The number of amides is 1. The van der Waals surface area contributed by atoms with E-state index in [2.05, 4.69) is 15.9 Å². The average Bonchev–Trinajstić information content (AvgIpc) is 2.48. The molecule has 0 radical (unpaired) electrons. The Bertz CT molecular complexity index is 476. The first-order valence-electron chi connectivity index (χ1n) is 7.47. The molecule has 1 heterocycles. The van der Waals surface area contributed by atoms with E-state index < -0.39 is 6.10 Å². The number of benzene rings is 1. The fourth-order valence-corrected chi connectivity index (χ4v) is 3.04. The van der Waals surface area contributed by atoms with Gasteiger partial charge in [0.2, 0.25) is 0 Å². The van der Waals surface area contributed by atoms with Crippen LogP contribution in [0.5, 0.6) is 5.75 Å². The normalized spacial score (nSPS) is 21.7. The van der Waals surface area contributed by atoms with E-state index in [1.54, 1.807) is 6.92 Å². The first kappa shape index (κ1) is 16.3. The van der Waals surface area contributed by atoms with Gasteiger partial charge in [0, 0.05) is 23.1 Å². The number of nitrogens with zero attached hydrogens (tertiary/aromatic N) is 1.